The van der Waals surface area contributed by atoms with Gasteiger partial charge >= 0.3 is 0 Å². The molecule has 0 spiro atoms. The molecule has 1 aliphatic heterocycles. The first-order valence-electron chi connectivity index (χ1n) is 5.37. The van der Waals surface area contributed by atoms with Crippen molar-refractivity contribution >= 4 is 24.5 Å². The second-order valence-corrected chi connectivity index (χ2v) is 4.04. The highest BCUT2D eigenvalue weighted by molar-refractivity contribution is 6.32. The van der Waals surface area contributed by atoms with Gasteiger partial charge in [0.1, 0.15) is 19.2 Å². The number of rotatable bonds is 0. The summed E-state index contributed by atoms with van der Waals surface area (Å²) in [7, 11) is 2.05. The van der Waals surface area contributed by atoms with Crippen LogP contribution in [0.5, 0.6) is 0 Å². The van der Waals surface area contributed by atoms with Crippen molar-refractivity contribution in [1.29, 1.82) is 0 Å². The van der Waals surface area contributed by atoms with Crippen molar-refractivity contribution in [3.63, 3.8) is 0 Å². The fourth-order valence-corrected chi connectivity index (χ4v) is 2.10. The average Bonchev–Trinajstić information content (AvgIpc) is 2.42. The van der Waals surface area contributed by atoms with E-state index in [1.807, 2.05) is 6.20 Å². The molecule has 1 N–H and O–H groups in total. The summed E-state index contributed by atoms with van der Waals surface area (Å²) in [6.07, 6.45) is 2.91. The number of aromatic nitrogens is 3. The van der Waals surface area contributed by atoms with Crippen LogP contribution in [0.25, 0.3) is 11.2 Å². The predicted octanol–water partition coefficient (Wildman–Crippen LogP) is -1.16. The highest BCUT2D eigenvalue weighted by Gasteiger charge is 2.13. The molecule has 0 unspecified atom stereocenters. The van der Waals surface area contributed by atoms with Crippen molar-refractivity contribution in [3.05, 3.63) is 18.1 Å². The highest BCUT2D eigenvalue weighted by atomic mass is 15.2. The third kappa shape index (κ3) is 1.43. The van der Waals surface area contributed by atoms with Crippen LogP contribution in [0.1, 0.15) is 5.82 Å². The maximum atomic E-state index is 4.63. The molecule has 0 radical (unpaired) electrons. The average molecular weight is 200 g/mol. The van der Waals surface area contributed by atoms with Crippen LogP contribution < -0.4 is 10.8 Å². The second-order valence-electron chi connectivity index (χ2n) is 4.04. The van der Waals surface area contributed by atoms with Gasteiger partial charge in [0.2, 0.25) is 0 Å². The molecule has 4 nitrogen and oxygen atoms in total. The van der Waals surface area contributed by atoms with E-state index in [9.17, 15) is 0 Å². The Morgan fingerprint density at radius 1 is 1.40 bits per heavy atom. The summed E-state index contributed by atoms with van der Waals surface area (Å²) >= 11 is 0. The number of imidazole rings is 1. The molecule has 15 heavy (non-hydrogen) atoms. The molecule has 0 bridgehead atoms. The molecule has 2 aromatic heterocycles. The molecular formula is C10H13BN4. The van der Waals surface area contributed by atoms with Gasteiger partial charge in [0, 0.05) is 32.3 Å². The van der Waals surface area contributed by atoms with Gasteiger partial charge in [0.15, 0.2) is 5.65 Å². The van der Waals surface area contributed by atoms with Crippen LogP contribution in [0.15, 0.2) is 12.3 Å². The molecule has 0 saturated heterocycles. The van der Waals surface area contributed by atoms with Crippen LogP contribution in [-0.2, 0) is 13.0 Å². The van der Waals surface area contributed by atoms with Crippen LogP contribution in [0.4, 0.5) is 0 Å². The third-order valence-electron chi connectivity index (χ3n) is 2.84. The molecule has 0 fully saturated rings. The van der Waals surface area contributed by atoms with E-state index in [-0.39, 0.29) is 0 Å². The van der Waals surface area contributed by atoms with Crippen molar-refractivity contribution in [2.24, 2.45) is 0 Å². The van der Waals surface area contributed by atoms with Crippen molar-refractivity contribution in [2.75, 3.05) is 13.1 Å². The molecule has 1 aliphatic rings. The van der Waals surface area contributed by atoms with Crippen molar-refractivity contribution in [1.82, 2.24) is 19.9 Å². The highest BCUT2D eigenvalue weighted by Crippen LogP contribution is 2.13. The molecular weight excluding hydrogens is 187 g/mol. The van der Waals surface area contributed by atoms with Gasteiger partial charge in [0.05, 0.1) is 0 Å². The number of fused-ring (bicyclic) bond motifs is 3. The molecule has 76 valence electrons. The quantitative estimate of drug-likeness (QED) is 0.545. The van der Waals surface area contributed by atoms with Gasteiger partial charge in [-0.2, -0.15) is 0 Å². The number of hydrogen-bond acceptors (Lipinski definition) is 3. The molecule has 0 aliphatic carbocycles. The van der Waals surface area contributed by atoms with Crippen molar-refractivity contribution in [2.45, 2.75) is 13.0 Å². The maximum absolute atomic E-state index is 4.63. The minimum absolute atomic E-state index is 0.974. The van der Waals surface area contributed by atoms with E-state index in [2.05, 4.69) is 33.8 Å². The number of pyridine rings is 1. The van der Waals surface area contributed by atoms with Crippen molar-refractivity contribution in [3.8, 4) is 0 Å². The lowest BCUT2D eigenvalue weighted by Crippen LogP contribution is -2.17. The lowest BCUT2D eigenvalue weighted by Gasteiger charge is -2.02. The summed E-state index contributed by atoms with van der Waals surface area (Å²) in [6, 6.07) is 2.11. The predicted molar refractivity (Wildman–Crippen MR) is 62.3 cm³/mol. The second kappa shape index (κ2) is 3.34. The van der Waals surface area contributed by atoms with Gasteiger partial charge in [0.25, 0.3) is 0 Å². The molecule has 3 rings (SSSR count). The Hall–Kier alpha value is -1.36. The number of hydrogen-bond donors (Lipinski definition) is 1. The number of nitrogens with one attached hydrogen (secondary N) is 1. The zero-order valence-corrected chi connectivity index (χ0v) is 8.82. The topological polar surface area (TPSA) is 42.7 Å². The van der Waals surface area contributed by atoms with E-state index in [4.69, 9.17) is 0 Å². The summed E-state index contributed by atoms with van der Waals surface area (Å²) in [5.74, 6) is 1.16. The van der Waals surface area contributed by atoms with Crippen LogP contribution in [0.3, 0.4) is 0 Å². The van der Waals surface area contributed by atoms with E-state index in [1.54, 1.807) is 0 Å². The standard InChI is InChI=1S/C10H13BN4/c11-7-5-8-10(13-6-7)15-4-3-12-2-1-9(15)14-8/h5-6,12H,1-4,11H2. The molecule has 5 heteroatoms. The largest absolute Gasteiger partial charge is 0.315 e. The Labute approximate surface area is 89.1 Å². The lowest BCUT2D eigenvalue weighted by atomic mass is 9.99. The Morgan fingerprint density at radius 3 is 3.27 bits per heavy atom. The summed E-state index contributed by atoms with van der Waals surface area (Å²) in [6.45, 7) is 3.00. The Morgan fingerprint density at radius 2 is 2.33 bits per heavy atom. The van der Waals surface area contributed by atoms with Crippen LogP contribution in [0.2, 0.25) is 0 Å². The van der Waals surface area contributed by atoms with Gasteiger partial charge in [-0.3, -0.25) is 0 Å². The van der Waals surface area contributed by atoms with Gasteiger partial charge in [-0.05, 0) is 6.07 Å². The van der Waals surface area contributed by atoms with E-state index in [1.165, 1.54) is 5.46 Å². The van der Waals surface area contributed by atoms with Gasteiger partial charge in [-0.25, -0.2) is 9.97 Å². The van der Waals surface area contributed by atoms with Crippen molar-refractivity contribution < 1.29 is 0 Å². The first kappa shape index (κ1) is 8.91. The van der Waals surface area contributed by atoms with Gasteiger partial charge < -0.3 is 9.88 Å². The van der Waals surface area contributed by atoms with Gasteiger partial charge in [-0.1, -0.05) is 5.46 Å². The molecule has 0 atom stereocenters. The summed E-state index contributed by atoms with van der Waals surface area (Å²) in [5.41, 5.74) is 3.24. The molecule has 3 heterocycles. The van der Waals surface area contributed by atoms with E-state index in [0.29, 0.717) is 0 Å². The Balaban J connectivity index is 2.23. The fraction of sp³-hybridized carbons (Fsp3) is 0.400. The first-order valence-corrected chi connectivity index (χ1v) is 5.37. The van der Waals surface area contributed by atoms with Crippen LogP contribution in [-0.4, -0.2) is 35.5 Å². The third-order valence-corrected chi connectivity index (χ3v) is 2.84. The number of nitrogens with zero attached hydrogens (tertiary/aromatic N) is 3. The van der Waals surface area contributed by atoms with Crippen LogP contribution in [0, 0.1) is 0 Å². The van der Waals surface area contributed by atoms with E-state index >= 15 is 0 Å². The summed E-state index contributed by atoms with van der Waals surface area (Å²) in [4.78, 5) is 9.10. The van der Waals surface area contributed by atoms with E-state index < -0.39 is 0 Å². The summed E-state index contributed by atoms with van der Waals surface area (Å²) < 4.78 is 2.23. The normalized spacial score (nSPS) is 16.3. The maximum Gasteiger partial charge on any atom is 0.159 e. The molecule has 2 aromatic rings. The fourth-order valence-electron chi connectivity index (χ4n) is 2.10. The lowest BCUT2D eigenvalue weighted by molar-refractivity contribution is 0.654. The monoisotopic (exact) mass is 200 g/mol. The minimum atomic E-state index is 0.974. The Kier molecular flexibility index (Phi) is 1.99. The zero-order valence-electron chi connectivity index (χ0n) is 8.82. The molecule has 0 aromatic carbocycles. The molecule has 0 amide bonds. The molecule has 0 saturated carbocycles. The van der Waals surface area contributed by atoms with E-state index in [0.717, 1.165) is 43.0 Å². The Bertz CT molecular complexity index is 505. The first-order chi connectivity index (χ1) is 7.34. The van der Waals surface area contributed by atoms with Crippen LogP contribution >= 0.6 is 0 Å². The zero-order chi connectivity index (χ0) is 10.3. The smallest absolute Gasteiger partial charge is 0.159 e. The minimum Gasteiger partial charge on any atom is -0.315 e. The van der Waals surface area contributed by atoms with Gasteiger partial charge in [-0.15, -0.1) is 0 Å². The SMILES string of the molecule is Bc1cnc2c(c1)nc1n2CCNCC1. The summed E-state index contributed by atoms with van der Waals surface area (Å²) in [5, 5.41) is 3.37.